The topological polar surface area (TPSA) is 16.1 Å². The van der Waals surface area contributed by atoms with Gasteiger partial charge in [-0.25, -0.2) is 0 Å². The first-order valence-corrected chi connectivity index (χ1v) is 7.41. The zero-order chi connectivity index (χ0) is 14.2. The van der Waals surface area contributed by atoms with Gasteiger partial charge in [-0.05, 0) is 42.7 Å². The number of hydrogen-bond donors (Lipinski definition) is 0. The number of rotatable bonds is 1. The van der Waals surface area contributed by atoms with Gasteiger partial charge in [-0.3, -0.25) is 4.98 Å². The lowest BCUT2D eigenvalue weighted by Gasteiger charge is -2.31. The lowest BCUT2D eigenvalue weighted by atomic mass is 9.99. The first kappa shape index (κ1) is 12.4. The van der Waals surface area contributed by atoms with E-state index in [1.54, 1.807) is 0 Å². The molecule has 103 valence electrons. The molecule has 0 amide bonds. The second-order valence-corrected chi connectivity index (χ2v) is 5.64. The molecule has 21 heavy (non-hydrogen) atoms. The fraction of sp³-hybridized carbons (Fsp3) is 0.211. The van der Waals surface area contributed by atoms with Gasteiger partial charge in [0.1, 0.15) is 0 Å². The number of anilines is 1. The quantitative estimate of drug-likeness (QED) is 0.668. The zero-order valence-corrected chi connectivity index (χ0v) is 12.1. The minimum atomic E-state index is 0.969. The highest BCUT2D eigenvalue weighted by Gasteiger charge is 2.18. The summed E-state index contributed by atoms with van der Waals surface area (Å²) in [4.78, 5) is 7.17. The molecule has 1 aromatic heterocycles. The Labute approximate surface area is 125 Å². The Bertz CT molecular complexity index is 808. The van der Waals surface area contributed by atoms with E-state index in [-0.39, 0.29) is 0 Å². The SMILES string of the molecule is Cc1nc2ccc[c]c2cc1N1CCc2ccccc2C1. The van der Waals surface area contributed by atoms with Crippen LogP contribution in [0.5, 0.6) is 0 Å². The van der Waals surface area contributed by atoms with Crippen LogP contribution < -0.4 is 4.90 Å². The molecule has 0 aliphatic carbocycles. The molecule has 0 saturated heterocycles. The molecule has 0 atom stereocenters. The minimum Gasteiger partial charge on any atom is -0.365 e. The summed E-state index contributed by atoms with van der Waals surface area (Å²) in [5.74, 6) is 0. The van der Waals surface area contributed by atoms with Crippen LogP contribution >= 0.6 is 0 Å². The number of nitrogens with zero attached hydrogens (tertiary/aromatic N) is 2. The zero-order valence-electron chi connectivity index (χ0n) is 12.1. The number of fused-ring (bicyclic) bond motifs is 2. The van der Waals surface area contributed by atoms with E-state index in [0.717, 1.165) is 36.1 Å². The molecule has 4 rings (SSSR count). The van der Waals surface area contributed by atoms with Crippen LogP contribution in [-0.2, 0) is 13.0 Å². The average Bonchev–Trinajstić information content (AvgIpc) is 2.54. The third-order valence-corrected chi connectivity index (χ3v) is 4.28. The maximum Gasteiger partial charge on any atom is 0.0713 e. The van der Waals surface area contributed by atoms with Gasteiger partial charge in [0.15, 0.2) is 0 Å². The normalized spacial score (nSPS) is 14.2. The van der Waals surface area contributed by atoms with E-state index in [0.29, 0.717) is 0 Å². The first-order chi connectivity index (χ1) is 10.3. The Morgan fingerprint density at radius 3 is 2.86 bits per heavy atom. The summed E-state index contributed by atoms with van der Waals surface area (Å²) in [6.45, 7) is 4.12. The molecule has 0 bridgehead atoms. The van der Waals surface area contributed by atoms with E-state index in [1.807, 2.05) is 18.2 Å². The molecule has 3 aromatic rings. The monoisotopic (exact) mass is 273 g/mol. The molecule has 2 nitrogen and oxygen atoms in total. The molecule has 2 heteroatoms. The van der Waals surface area contributed by atoms with Crippen molar-refractivity contribution < 1.29 is 0 Å². The van der Waals surface area contributed by atoms with Crippen molar-refractivity contribution in [3.63, 3.8) is 0 Å². The molecule has 0 unspecified atom stereocenters. The molecule has 2 aromatic carbocycles. The number of aryl methyl sites for hydroxylation is 1. The molecule has 0 spiro atoms. The van der Waals surface area contributed by atoms with Crippen molar-refractivity contribution in [1.29, 1.82) is 0 Å². The number of aromatic nitrogens is 1. The van der Waals surface area contributed by atoms with Crippen molar-refractivity contribution in [3.8, 4) is 0 Å². The summed E-state index contributed by atoms with van der Waals surface area (Å²) in [7, 11) is 0. The van der Waals surface area contributed by atoms with Crippen molar-refractivity contribution in [1.82, 2.24) is 4.98 Å². The number of benzene rings is 2. The van der Waals surface area contributed by atoms with Crippen LogP contribution in [0.1, 0.15) is 16.8 Å². The standard InChI is InChI=1S/C19H17N2/c1-14-19(12-16-7-4-5-9-18(16)20-14)21-11-10-15-6-2-3-8-17(15)13-21/h2-6,8-9,12H,10-11,13H2,1H3. The highest BCUT2D eigenvalue weighted by atomic mass is 15.1. The highest BCUT2D eigenvalue weighted by molar-refractivity contribution is 5.82. The van der Waals surface area contributed by atoms with Gasteiger partial charge >= 0.3 is 0 Å². The van der Waals surface area contributed by atoms with Gasteiger partial charge in [0.25, 0.3) is 0 Å². The second kappa shape index (κ2) is 4.88. The largest absolute Gasteiger partial charge is 0.365 e. The van der Waals surface area contributed by atoms with E-state index >= 15 is 0 Å². The molecule has 1 aliphatic heterocycles. The summed E-state index contributed by atoms with van der Waals surface area (Å²) in [6, 6.07) is 20.2. The molecule has 2 heterocycles. The number of pyridine rings is 1. The van der Waals surface area contributed by atoms with Crippen molar-refractivity contribution in [2.45, 2.75) is 19.9 Å². The van der Waals surface area contributed by atoms with Crippen molar-refractivity contribution >= 4 is 16.6 Å². The van der Waals surface area contributed by atoms with Crippen LogP contribution in [0.25, 0.3) is 10.9 Å². The van der Waals surface area contributed by atoms with E-state index in [2.05, 4.69) is 48.2 Å². The summed E-state index contributed by atoms with van der Waals surface area (Å²) in [5.41, 5.74) is 6.27. The molecule has 1 aliphatic rings. The summed E-state index contributed by atoms with van der Waals surface area (Å²) in [6.07, 6.45) is 1.10. The van der Waals surface area contributed by atoms with Crippen molar-refractivity contribution in [3.05, 3.63) is 71.4 Å². The van der Waals surface area contributed by atoms with Gasteiger partial charge in [-0.2, -0.15) is 0 Å². The third kappa shape index (κ3) is 2.17. The first-order valence-electron chi connectivity index (χ1n) is 7.41. The van der Waals surface area contributed by atoms with E-state index in [9.17, 15) is 0 Å². The molecule has 0 saturated carbocycles. The summed E-state index contributed by atoms with van der Waals surface area (Å²) >= 11 is 0. The van der Waals surface area contributed by atoms with Gasteiger partial charge < -0.3 is 4.90 Å². The van der Waals surface area contributed by atoms with Gasteiger partial charge in [0, 0.05) is 18.5 Å². The Balaban J connectivity index is 1.76. The molecule has 1 radical (unpaired) electrons. The molecular weight excluding hydrogens is 256 g/mol. The van der Waals surface area contributed by atoms with Crippen LogP contribution in [0.15, 0.2) is 48.5 Å². The second-order valence-electron chi connectivity index (χ2n) is 5.64. The Morgan fingerprint density at radius 2 is 1.95 bits per heavy atom. The van der Waals surface area contributed by atoms with Crippen LogP contribution in [0.3, 0.4) is 0 Å². The minimum absolute atomic E-state index is 0.969. The lowest BCUT2D eigenvalue weighted by molar-refractivity contribution is 0.728. The van der Waals surface area contributed by atoms with E-state index in [4.69, 9.17) is 4.98 Å². The summed E-state index contributed by atoms with van der Waals surface area (Å²) < 4.78 is 0. The predicted octanol–water partition coefficient (Wildman–Crippen LogP) is 3.91. The van der Waals surface area contributed by atoms with Crippen molar-refractivity contribution in [2.24, 2.45) is 0 Å². The van der Waals surface area contributed by atoms with Crippen LogP contribution in [0, 0.1) is 13.0 Å². The number of hydrogen-bond acceptors (Lipinski definition) is 2. The van der Waals surface area contributed by atoms with Gasteiger partial charge in [-0.1, -0.05) is 36.4 Å². The highest BCUT2D eigenvalue weighted by Crippen LogP contribution is 2.28. The lowest BCUT2D eigenvalue weighted by Crippen LogP contribution is -2.31. The van der Waals surface area contributed by atoms with Gasteiger partial charge in [0.05, 0.1) is 16.9 Å². The van der Waals surface area contributed by atoms with E-state index < -0.39 is 0 Å². The third-order valence-electron chi connectivity index (χ3n) is 4.28. The fourth-order valence-corrected chi connectivity index (χ4v) is 3.15. The molecule has 0 fully saturated rings. The van der Waals surface area contributed by atoms with Gasteiger partial charge in [-0.15, -0.1) is 0 Å². The molecule has 0 N–H and O–H groups in total. The van der Waals surface area contributed by atoms with Crippen LogP contribution in [-0.4, -0.2) is 11.5 Å². The van der Waals surface area contributed by atoms with Crippen LogP contribution in [0.4, 0.5) is 5.69 Å². The van der Waals surface area contributed by atoms with Crippen LogP contribution in [0.2, 0.25) is 0 Å². The maximum atomic E-state index is 4.73. The fourth-order valence-electron chi connectivity index (χ4n) is 3.15. The van der Waals surface area contributed by atoms with E-state index in [1.165, 1.54) is 16.8 Å². The average molecular weight is 273 g/mol. The van der Waals surface area contributed by atoms with Gasteiger partial charge in [0.2, 0.25) is 0 Å². The maximum absolute atomic E-state index is 4.73. The Hall–Kier alpha value is -2.35. The van der Waals surface area contributed by atoms with Crippen molar-refractivity contribution in [2.75, 3.05) is 11.4 Å². The smallest absolute Gasteiger partial charge is 0.0713 e. The predicted molar refractivity (Wildman–Crippen MR) is 86.5 cm³/mol. The Kier molecular flexibility index (Phi) is 2.88. The Morgan fingerprint density at radius 1 is 1.10 bits per heavy atom. The summed E-state index contributed by atoms with van der Waals surface area (Å²) in [5, 5.41) is 1.09. The molecular formula is C19H17N2.